The third-order valence-corrected chi connectivity index (χ3v) is 9.66. The standard InChI is InChI=1S/C30H41F2NO5/c1-8-10-22(33-14-19(9-2)28(7,31)32)38-26-16(3)13-29-17(4)11-21-23(27(21,5)6)20(25(29)36)12-18(15-34)24(35)30(26,29)37/h9-10,12-14,17,20-21,23-24,26,34-35,37H,8,11,15H2,1-7H3/b19-9+,22-10-,33-14-/t17?,20-,21?,23?,24+,26-,29?,30-/m0/s1. The second-order valence-electron chi connectivity index (χ2n) is 12.2. The summed E-state index contributed by atoms with van der Waals surface area (Å²) in [5.41, 5.74) is -3.21. The number of carbonyl (C=O) groups excluding carboxylic acids is 1. The fourth-order valence-corrected chi connectivity index (χ4v) is 7.59. The van der Waals surface area contributed by atoms with Gasteiger partial charge in [-0.15, -0.1) is 0 Å². The van der Waals surface area contributed by atoms with Gasteiger partial charge in [-0.3, -0.25) is 4.79 Å². The molecule has 0 aromatic rings. The maximum absolute atomic E-state index is 14.4. The molecule has 2 saturated carbocycles. The van der Waals surface area contributed by atoms with Crippen molar-refractivity contribution in [2.45, 2.75) is 85.0 Å². The quantitative estimate of drug-likeness (QED) is 0.249. The molecule has 210 valence electrons. The number of alkyl halides is 2. The second kappa shape index (κ2) is 9.49. The monoisotopic (exact) mass is 533 g/mol. The molecule has 4 unspecified atom stereocenters. The van der Waals surface area contributed by atoms with E-state index in [1.54, 1.807) is 25.2 Å². The largest absolute Gasteiger partial charge is 0.467 e. The van der Waals surface area contributed by atoms with Crippen LogP contribution in [0.5, 0.6) is 0 Å². The van der Waals surface area contributed by atoms with E-state index >= 15 is 0 Å². The Bertz CT molecular complexity index is 1150. The summed E-state index contributed by atoms with van der Waals surface area (Å²) in [6, 6.07) is 0. The summed E-state index contributed by atoms with van der Waals surface area (Å²) in [6.45, 7) is 11.5. The van der Waals surface area contributed by atoms with E-state index in [9.17, 15) is 28.9 Å². The average Bonchev–Trinajstić information content (AvgIpc) is 3.32. The van der Waals surface area contributed by atoms with Crippen LogP contribution in [0.25, 0.3) is 0 Å². The van der Waals surface area contributed by atoms with Crippen molar-refractivity contribution < 1.29 is 33.6 Å². The lowest BCUT2D eigenvalue weighted by Crippen LogP contribution is -2.65. The number of hydrogen-bond donors (Lipinski definition) is 3. The molecule has 38 heavy (non-hydrogen) atoms. The zero-order valence-electron chi connectivity index (χ0n) is 23.3. The normalized spacial score (nSPS) is 40.7. The Hall–Kier alpha value is -2.16. The van der Waals surface area contributed by atoms with Crippen LogP contribution in [0.1, 0.15) is 61.3 Å². The smallest absolute Gasteiger partial charge is 0.271 e. The number of fused-ring (bicyclic) bond motifs is 3. The molecule has 4 aliphatic rings. The lowest BCUT2D eigenvalue weighted by Gasteiger charge is -2.49. The number of aliphatic hydroxyl groups excluding tert-OH is 2. The van der Waals surface area contributed by atoms with Crippen molar-refractivity contribution in [2.75, 3.05) is 6.61 Å². The minimum Gasteiger partial charge on any atom is -0.467 e. The van der Waals surface area contributed by atoms with Gasteiger partial charge in [-0.25, -0.2) is 13.8 Å². The molecule has 0 aromatic carbocycles. The van der Waals surface area contributed by atoms with Crippen molar-refractivity contribution in [2.24, 2.45) is 39.5 Å². The van der Waals surface area contributed by atoms with Gasteiger partial charge in [0.2, 0.25) is 5.88 Å². The van der Waals surface area contributed by atoms with Gasteiger partial charge in [-0.2, -0.15) is 0 Å². The summed E-state index contributed by atoms with van der Waals surface area (Å²) in [5.74, 6) is -3.84. The van der Waals surface area contributed by atoms with Gasteiger partial charge >= 0.3 is 0 Å². The maximum Gasteiger partial charge on any atom is 0.271 e. The summed E-state index contributed by atoms with van der Waals surface area (Å²) < 4.78 is 34.1. The van der Waals surface area contributed by atoms with Crippen LogP contribution in [0.2, 0.25) is 0 Å². The highest BCUT2D eigenvalue weighted by molar-refractivity contribution is 5.95. The predicted octanol–water partition coefficient (Wildman–Crippen LogP) is 4.76. The molecule has 0 aromatic heterocycles. The van der Waals surface area contributed by atoms with Crippen molar-refractivity contribution in [1.29, 1.82) is 0 Å². The van der Waals surface area contributed by atoms with Crippen LogP contribution in [0.4, 0.5) is 8.78 Å². The highest BCUT2D eigenvalue weighted by Gasteiger charge is 2.76. The number of carbonyl (C=O) groups is 1. The topological polar surface area (TPSA) is 99.4 Å². The van der Waals surface area contributed by atoms with Crippen LogP contribution in [0.3, 0.4) is 0 Å². The highest BCUT2D eigenvalue weighted by Crippen LogP contribution is 2.71. The molecule has 8 atom stereocenters. The first-order valence-corrected chi connectivity index (χ1v) is 13.5. The second-order valence-corrected chi connectivity index (χ2v) is 12.2. The zero-order valence-corrected chi connectivity index (χ0v) is 23.3. The number of aliphatic hydroxyl groups is 3. The Morgan fingerprint density at radius 1 is 1.34 bits per heavy atom. The minimum absolute atomic E-state index is 0.000412. The SMILES string of the molecule is C\C=C(/C=N\C(=C\CC)O[C@H]1C(C)=CC23C(=O)[C@@H](C=C(CO)[C@@H](O)[C@]12O)C1C(CC3C)C1(C)C)C(C)(F)F. The van der Waals surface area contributed by atoms with Gasteiger partial charge in [-0.05, 0) is 67.1 Å². The molecule has 4 rings (SSSR count). The molecule has 0 radical (unpaired) electrons. The van der Waals surface area contributed by atoms with E-state index in [2.05, 4.69) is 18.8 Å². The Morgan fingerprint density at radius 3 is 2.55 bits per heavy atom. The van der Waals surface area contributed by atoms with Crippen molar-refractivity contribution in [3.8, 4) is 0 Å². The molecule has 2 bridgehead atoms. The zero-order chi connectivity index (χ0) is 28.4. The molecular weight excluding hydrogens is 492 g/mol. The van der Waals surface area contributed by atoms with E-state index < -0.39 is 41.7 Å². The summed E-state index contributed by atoms with van der Waals surface area (Å²) in [6.07, 6.45) is 5.70. The Balaban J connectivity index is 1.81. The van der Waals surface area contributed by atoms with Crippen LogP contribution in [0.15, 0.2) is 51.9 Å². The van der Waals surface area contributed by atoms with Gasteiger partial charge in [0.25, 0.3) is 5.92 Å². The minimum atomic E-state index is -3.11. The maximum atomic E-state index is 14.4. The van der Waals surface area contributed by atoms with Crippen molar-refractivity contribution in [3.63, 3.8) is 0 Å². The number of hydrogen-bond acceptors (Lipinski definition) is 6. The Morgan fingerprint density at radius 2 is 2.00 bits per heavy atom. The molecule has 0 aliphatic heterocycles. The third kappa shape index (κ3) is 3.97. The predicted molar refractivity (Wildman–Crippen MR) is 141 cm³/mol. The number of rotatable bonds is 7. The first kappa shape index (κ1) is 28.8. The molecule has 0 amide bonds. The van der Waals surface area contributed by atoms with Crippen molar-refractivity contribution in [1.82, 2.24) is 0 Å². The summed E-state index contributed by atoms with van der Waals surface area (Å²) in [7, 11) is 0. The van der Waals surface area contributed by atoms with Gasteiger partial charge in [0.1, 0.15) is 6.10 Å². The van der Waals surface area contributed by atoms with Gasteiger partial charge < -0.3 is 20.1 Å². The number of ketones is 1. The lowest BCUT2D eigenvalue weighted by atomic mass is 9.59. The van der Waals surface area contributed by atoms with Crippen LogP contribution in [-0.4, -0.2) is 57.7 Å². The molecule has 4 aliphatic carbocycles. The van der Waals surface area contributed by atoms with E-state index in [0.717, 1.165) is 13.1 Å². The average molecular weight is 534 g/mol. The third-order valence-electron chi connectivity index (χ3n) is 9.66. The van der Waals surface area contributed by atoms with Crippen molar-refractivity contribution in [3.05, 3.63) is 46.9 Å². The van der Waals surface area contributed by atoms with Gasteiger partial charge in [-0.1, -0.05) is 45.9 Å². The van der Waals surface area contributed by atoms with Crippen LogP contribution < -0.4 is 0 Å². The molecule has 8 heteroatoms. The fraction of sp³-hybridized carbons (Fsp3) is 0.667. The van der Waals surface area contributed by atoms with E-state index in [4.69, 9.17) is 4.74 Å². The summed E-state index contributed by atoms with van der Waals surface area (Å²) in [5, 5.41) is 34.4. The number of halogens is 2. The Kier molecular flexibility index (Phi) is 7.20. The van der Waals surface area contributed by atoms with Crippen LogP contribution >= 0.6 is 0 Å². The van der Waals surface area contributed by atoms with E-state index in [1.165, 1.54) is 13.0 Å². The number of allylic oxidation sites excluding steroid dienone is 4. The molecule has 0 saturated heterocycles. The number of nitrogens with zero attached hydrogens (tertiary/aromatic N) is 1. The first-order valence-electron chi connectivity index (χ1n) is 13.5. The highest BCUT2D eigenvalue weighted by atomic mass is 19.3. The molecule has 1 spiro atoms. The molecule has 6 nitrogen and oxygen atoms in total. The Labute approximate surface area is 223 Å². The molecule has 0 heterocycles. The molecular formula is C30H41F2NO5. The number of ether oxygens (including phenoxy) is 1. The van der Waals surface area contributed by atoms with E-state index in [1.807, 2.05) is 13.8 Å². The number of aliphatic imine (C=N–C) groups is 1. The summed E-state index contributed by atoms with van der Waals surface area (Å²) >= 11 is 0. The number of Topliss-reactive ketones (excluding diaryl/α,β-unsaturated/α-hetero) is 1. The van der Waals surface area contributed by atoms with Crippen LogP contribution in [-0.2, 0) is 9.53 Å². The lowest BCUT2D eigenvalue weighted by molar-refractivity contribution is -0.193. The van der Waals surface area contributed by atoms with Gasteiger partial charge in [0.15, 0.2) is 17.5 Å². The fourth-order valence-electron chi connectivity index (χ4n) is 7.59. The van der Waals surface area contributed by atoms with Crippen LogP contribution in [0, 0.1) is 34.5 Å². The van der Waals surface area contributed by atoms with E-state index in [0.29, 0.717) is 18.4 Å². The van der Waals surface area contributed by atoms with Gasteiger partial charge in [0, 0.05) is 24.6 Å². The molecule has 3 N–H and O–H groups in total. The van der Waals surface area contributed by atoms with Gasteiger partial charge in [0.05, 0.1) is 12.0 Å². The van der Waals surface area contributed by atoms with E-state index in [-0.39, 0.29) is 46.0 Å². The summed E-state index contributed by atoms with van der Waals surface area (Å²) in [4.78, 5) is 18.6. The first-order chi connectivity index (χ1) is 17.6. The van der Waals surface area contributed by atoms with Crippen molar-refractivity contribution >= 4 is 12.0 Å². The molecule has 2 fully saturated rings.